The second-order valence-electron chi connectivity index (χ2n) is 3.90. The average molecular weight is 253 g/mol. The highest BCUT2D eigenvalue weighted by Crippen LogP contribution is 2.19. The molecule has 0 bridgehead atoms. The van der Waals surface area contributed by atoms with Gasteiger partial charge in [0.2, 0.25) is 5.91 Å². The number of rotatable bonds is 3. The number of benzene rings is 1. The van der Waals surface area contributed by atoms with Crippen molar-refractivity contribution in [3.8, 4) is 0 Å². The number of hydrogen-bond acceptors (Lipinski definition) is 3. The first-order valence-corrected chi connectivity index (χ1v) is 5.59. The van der Waals surface area contributed by atoms with E-state index in [0.29, 0.717) is 24.2 Å². The van der Waals surface area contributed by atoms with Crippen molar-refractivity contribution in [3.63, 3.8) is 0 Å². The fraction of sp³-hybridized carbons (Fsp3) is 0.273. The molecule has 4 nitrogen and oxygen atoms in total. The number of nitrogens with one attached hydrogen (secondary N) is 2. The molecule has 2 rings (SSSR count). The van der Waals surface area contributed by atoms with E-state index in [4.69, 9.17) is 18.0 Å². The molecule has 1 aromatic carbocycles. The molecule has 0 aromatic heterocycles. The highest BCUT2D eigenvalue weighted by Gasteiger charge is 2.22. The summed E-state index contributed by atoms with van der Waals surface area (Å²) in [6.45, 7) is 0.549. The van der Waals surface area contributed by atoms with Gasteiger partial charge in [0.1, 0.15) is 10.8 Å². The van der Waals surface area contributed by atoms with Crippen LogP contribution < -0.4 is 16.4 Å². The third-order valence-electron chi connectivity index (χ3n) is 2.58. The van der Waals surface area contributed by atoms with Crippen molar-refractivity contribution in [3.05, 3.63) is 29.6 Å². The van der Waals surface area contributed by atoms with Gasteiger partial charge in [-0.25, -0.2) is 4.39 Å². The molecule has 0 spiro atoms. The quantitative estimate of drug-likeness (QED) is 0.696. The first-order chi connectivity index (χ1) is 8.06. The van der Waals surface area contributed by atoms with Crippen LogP contribution in [0.2, 0.25) is 0 Å². The van der Waals surface area contributed by atoms with Crippen LogP contribution in [0.3, 0.4) is 0 Å². The maximum absolute atomic E-state index is 13.1. The van der Waals surface area contributed by atoms with Crippen LogP contribution in [0.25, 0.3) is 0 Å². The molecule has 90 valence electrons. The van der Waals surface area contributed by atoms with Gasteiger partial charge in [-0.2, -0.15) is 0 Å². The molecule has 1 aliphatic rings. The molecule has 1 aromatic rings. The molecule has 4 N–H and O–H groups in total. The smallest absolute Gasteiger partial charge is 0.222 e. The highest BCUT2D eigenvalue weighted by atomic mass is 32.1. The summed E-state index contributed by atoms with van der Waals surface area (Å²) >= 11 is 4.86. The van der Waals surface area contributed by atoms with Gasteiger partial charge < -0.3 is 16.4 Å². The normalized spacial score (nSPS) is 18.9. The Morgan fingerprint density at radius 1 is 1.59 bits per heavy atom. The number of halogens is 1. The third kappa shape index (κ3) is 2.71. The van der Waals surface area contributed by atoms with Crippen LogP contribution in [0, 0.1) is 5.82 Å². The molecule has 1 unspecified atom stereocenters. The van der Waals surface area contributed by atoms with Gasteiger partial charge in [-0.3, -0.25) is 4.79 Å². The van der Waals surface area contributed by atoms with Crippen LogP contribution in [0.4, 0.5) is 10.1 Å². The first kappa shape index (κ1) is 11.8. The zero-order valence-corrected chi connectivity index (χ0v) is 9.81. The molecule has 6 heteroatoms. The summed E-state index contributed by atoms with van der Waals surface area (Å²) in [5, 5.41) is 5.84. The van der Waals surface area contributed by atoms with Crippen molar-refractivity contribution in [2.45, 2.75) is 12.5 Å². The Balaban J connectivity index is 2.20. The van der Waals surface area contributed by atoms with Crippen molar-refractivity contribution in [2.75, 3.05) is 11.9 Å². The lowest BCUT2D eigenvalue weighted by atomic mass is 10.1. The van der Waals surface area contributed by atoms with E-state index in [-0.39, 0.29) is 22.8 Å². The first-order valence-electron chi connectivity index (χ1n) is 5.19. The monoisotopic (exact) mass is 253 g/mol. The van der Waals surface area contributed by atoms with Crippen LogP contribution in [-0.2, 0) is 4.79 Å². The molecular weight excluding hydrogens is 241 g/mol. The molecular formula is C11H12FN3OS. The Morgan fingerprint density at radius 3 is 2.94 bits per heavy atom. The van der Waals surface area contributed by atoms with Gasteiger partial charge >= 0.3 is 0 Å². The molecule has 1 heterocycles. The van der Waals surface area contributed by atoms with E-state index in [2.05, 4.69) is 10.6 Å². The molecule has 0 saturated carbocycles. The molecule has 17 heavy (non-hydrogen) atoms. The number of nitrogens with two attached hydrogens (primary N) is 1. The molecule has 1 atom stereocenters. The van der Waals surface area contributed by atoms with Crippen LogP contribution in [-0.4, -0.2) is 23.5 Å². The number of carbonyl (C=O) groups excluding carboxylic acids is 1. The third-order valence-corrected chi connectivity index (χ3v) is 2.80. The summed E-state index contributed by atoms with van der Waals surface area (Å²) in [5.74, 6) is -0.388. The molecule has 1 amide bonds. The Hall–Kier alpha value is -1.69. The van der Waals surface area contributed by atoms with Crippen molar-refractivity contribution >= 4 is 28.8 Å². The zero-order chi connectivity index (χ0) is 12.4. The van der Waals surface area contributed by atoms with Crippen LogP contribution >= 0.6 is 12.2 Å². The summed E-state index contributed by atoms with van der Waals surface area (Å²) in [5.41, 5.74) is 6.64. The molecule has 1 saturated heterocycles. The topological polar surface area (TPSA) is 67.2 Å². The molecule has 1 aliphatic heterocycles. The summed E-state index contributed by atoms with van der Waals surface area (Å²) in [6, 6.07) is 4.18. The van der Waals surface area contributed by atoms with E-state index < -0.39 is 0 Å². The molecule has 0 radical (unpaired) electrons. The summed E-state index contributed by atoms with van der Waals surface area (Å²) < 4.78 is 13.1. The largest absolute Gasteiger partial charge is 0.389 e. The Morgan fingerprint density at radius 2 is 2.35 bits per heavy atom. The van der Waals surface area contributed by atoms with E-state index in [1.807, 2.05) is 0 Å². The van der Waals surface area contributed by atoms with E-state index in [0.717, 1.165) is 0 Å². The van der Waals surface area contributed by atoms with Crippen molar-refractivity contribution < 1.29 is 9.18 Å². The van der Waals surface area contributed by atoms with Gasteiger partial charge in [0.25, 0.3) is 0 Å². The minimum absolute atomic E-state index is 0.00138. The van der Waals surface area contributed by atoms with Crippen LogP contribution in [0.15, 0.2) is 18.2 Å². The SMILES string of the molecule is NC(=S)c1cc(F)ccc1NC1CNC(=O)C1. The highest BCUT2D eigenvalue weighted by molar-refractivity contribution is 7.80. The Kier molecular flexibility index (Phi) is 3.23. The maximum atomic E-state index is 13.1. The van der Waals surface area contributed by atoms with E-state index in [1.165, 1.54) is 12.1 Å². The second kappa shape index (κ2) is 4.67. The van der Waals surface area contributed by atoms with E-state index in [1.54, 1.807) is 6.07 Å². The van der Waals surface area contributed by atoms with Crippen molar-refractivity contribution in [2.24, 2.45) is 5.73 Å². The Bertz CT molecular complexity index is 478. The van der Waals surface area contributed by atoms with Gasteiger partial charge in [0.05, 0.1) is 6.04 Å². The van der Waals surface area contributed by atoms with Crippen LogP contribution in [0.1, 0.15) is 12.0 Å². The maximum Gasteiger partial charge on any atom is 0.222 e. The van der Waals surface area contributed by atoms with Gasteiger partial charge in [-0.1, -0.05) is 12.2 Å². The van der Waals surface area contributed by atoms with Crippen molar-refractivity contribution in [1.29, 1.82) is 0 Å². The molecule has 0 aliphatic carbocycles. The fourth-order valence-electron chi connectivity index (χ4n) is 1.77. The standard InChI is InChI=1S/C11H12FN3OS/c12-6-1-2-9(8(3-6)11(13)17)15-7-4-10(16)14-5-7/h1-3,7,15H,4-5H2,(H2,13,17)(H,14,16). The minimum atomic E-state index is -0.390. The second-order valence-corrected chi connectivity index (χ2v) is 4.34. The zero-order valence-electron chi connectivity index (χ0n) is 9.00. The number of anilines is 1. The number of carbonyl (C=O) groups is 1. The summed E-state index contributed by atoms with van der Waals surface area (Å²) in [6.07, 6.45) is 0.397. The average Bonchev–Trinajstić information content (AvgIpc) is 2.66. The van der Waals surface area contributed by atoms with Gasteiger partial charge in [0, 0.05) is 24.2 Å². The lowest BCUT2D eigenvalue weighted by Gasteiger charge is -2.15. The lowest BCUT2D eigenvalue weighted by molar-refractivity contribution is -0.119. The van der Waals surface area contributed by atoms with Gasteiger partial charge in [-0.15, -0.1) is 0 Å². The summed E-state index contributed by atoms with van der Waals surface area (Å²) in [4.78, 5) is 11.2. The van der Waals surface area contributed by atoms with Gasteiger partial charge in [0.15, 0.2) is 0 Å². The molecule has 1 fully saturated rings. The van der Waals surface area contributed by atoms with Crippen LogP contribution in [0.5, 0.6) is 0 Å². The number of amides is 1. The van der Waals surface area contributed by atoms with Crippen molar-refractivity contribution in [1.82, 2.24) is 5.32 Å². The van der Waals surface area contributed by atoms with E-state index in [9.17, 15) is 9.18 Å². The number of hydrogen-bond donors (Lipinski definition) is 3. The van der Waals surface area contributed by atoms with E-state index >= 15 is 0 Å². The predicted molar refractivity (Wildman–Crippen MR) is 67.3 cm³/mol. The lowest BCUT2D eigenvalue weighted by Crippen LogP contribution is -2.24. The Labute approximate surface area is 103 Å². The minimum Gasteiger partial charge on any atom is -0.389 e. The predicted octanol–water partition coefficient (Wildman–Crippen LogP) is 0.760. The number of thiocarbonyl (C=S) groups is 1. The summed E-state index contributed by atoms with van der Waals surface area (Å²) in [7, 11) is 0. The van der Waals surface area contributed by atoms with Gasteiger partial charge in [-0.05, 0) is 18.2 Å². The fourth-order valence-corrected chi connectivity index (χ4v) is 1.94.